The van der Waals surface area contributed by atoms with Crippen LogP contribution in [0.15, 0.2) is 58.7 Å². The second-order valence-electron chi connectivity index (χ2n) is 22.6. The van der Waals surface area contributed by atoms with Crippen molar-refractivity contribution < 1.29 is 53.4 Å². The average Bonchev–Trinajstić information content (AvgIpc) is 4.23. The smallest absolute Gasteiger partial charge is 0.334 e. The molecule has 3 heterocycles. The van der Waals surface area contributed by atoms with Crippen molar-refractivity contribution in [2.75, 3.05) is 18.1 Å². The SMILES string of the molecule is C=C1/C(=C\C=C2/CCC[C@@]3(C)C2CCC3[C@@H](C)/C=C/C(OC(=O)CCSSCCC(=O)O[C@@H]2C(O)(C(C)C)C[C@@H]3O[C@]34[C@]23O[C@H]3CC2C3=C(CC[C@@]24C)C(=O)OC3)C2CC2)C[C@@H](O)C[C@@H]1O. The highest BCUT2D eigenvalue weighted by Gasteiger charge is 2.95. The summed E-state index contributed by atoms with van der Waals surface area (Å²) in [6, 6.07) is 0. The van der Waals surface area contributed by atoms with E-state index in [4.69, 9.17) is 23.7 Å². The Morgan fingerprint density at radius 3 is 2.42 bits per heavy atom. The number of esters is 3. The number of carbonyl (C=O) groups is 3. The van der Waals surface area contributed by atoms with Crippen LogP contribution in [-0.4, -0.2) is 105 Å². The maximum absolute atomic E-state index is 13.6. The van der Waals surface area contributed by atoms with E-state index in [0.29, 0.717) is 80.3 Å². The summed E-state index contributed by atoms with van der Waals surface area (Å²) in [5.41, 5.74) is 1.97. The van der Waals surface area contributed by atoms with Crippen molar-refractivity contribution in [3.05, 3.63) is 58.7 Å². The summed E-state index contributed by atoms with van der Waals surface area (Å²) in [4.78, 5) is 39.3. The molecule has 66 heavy (non-hydrogen) atoms. The maximum atomic E-state index is 13.6. The van der Waals surface area contributed by atoms with Crippen LogP contribution >= 0.6 is 21.6 Å². The Hall–Kier alpha value is -2.39. The molecular weight excluding hydrogens is 877 g/mol. The minimum atomic E-state index is -1.31. The summed E-state index contributed by atoms with van der Waals surface area (Å²) in [6.45, 7) is 15.4. The summed E-state index contributed by atoms with van der Waals surface area (Å²) in [6.07, 6.45) is 17.8. The minimum absolute atomic E-state index is 0.0755. The fourth-order valence-electron chi connectivity index (χ4n) is 14.9. The summed E-state index contributed by atoms with van der Waals surface area (Å²) in [7, 11) is 3.10. The standard InChI is InChI=1S/C53H72O11S2/c1-29(2)51(59)27-44-53(64-44)50(6)21-17-36-37(28-60-47(36)58)40(50)26-43-52(53,63-43)48(51)62-46(57)19-23-66-65-22-18-45(56)61-42(33-11-12-33)16-9-30(3)38-14-15-39-32(8-7-20-49(38,39)5)10-13-34-24-35(54)25-41(55)31(34)4/h9-10,13,16,29-30,33,35,38-44,48,54-55,59H,4,7-8,11-12,14-15,17-28H2,1-3,5-6H3/b16-9+,32-10+,34-13-/t30-,35+,38?,39?,40?,41-,42?,43-,44-,48+,49+,50-,51?,52+,53+/m0/s1. The lowest BCUT2D eigenvalue weighted by atomic mass is 9.46. The van der Waals surface area contributed by atoms with Crippen LogP contribution in [0, 0.1) is 46.3 Å². The molecule has 15 atom stereocenters. The summed E-state index contributed by atoms with van der Waals surface area (Å²) >= 11 is 0. The van der Waals surface area contributed by atoms with Gasteiger partial charge in [-0.2, -0.15) is 0 Å². The van der Waals surface area contributed by atoms with Gasteiger partial charge in [-0.25, -0.2) is 4.79 Å². The largest absolute Gasteiger partial charge is 0.458 e. The lowest BCUT2D eigenvalue weighted by Gasteiger charge is -2.56. The van der Waals surface area contributed by atoms with E-state index in [9.17, 15) is 29.7 Å². The third-order valence-corrected chi connectivity index (χ3v) is 21.2. The molecule has 11 nitrogen and oxygen atoms in total. The van der Waals surface area contributed by atoms with Gasteiger partial charge in [0.15, 0.2) is 11.7 Å². The highest BCUT2D eigenvalue weighted by Crippen LogP contribution is 2.80. The number of epoxide rings is 2. The molecule has 10 aliphatic rings. The molecule has 2 spiro atoms. The summed E-state index contributed by atoms with van der Waals surface area (Å²) in [5.74, 6) is 1.95. The van der Waals surface area contributed by atoms with Gasteiger partial charge in [-0.05, 0) is 134 Å². The van der Waals surface area contributed by atoms with Crippen LogP contribution in [0.3, 0.4) is 0 Å². The first kappa shape index (κ1) is 47.3. The molecule has 2 saturated heterocycles. The Morgan fingerprint density at radius 2 is 1.68 bits per heavy atom. The van der Waals surface area contributed by atoms with Crippen LogP contribution in [0.2, 0.25) is 0 Å². The number of rotatable bonds is 15. The average molecular weight is 949 g/mol. The second-order valence-corrected chi connectivity index (χ2v) is 25.3. The van der Waals surface area contributed by atoms with Crippen molar-refractivity contribution in [2.45, 2.75) is 184 Å². The van der Waals surface area contributed by atoms with Gasteiger partial charge in [0, 0.05) is 35.3 Å². The van der Waals surface area contributed by atoms with Gasteiger partial charge < -0.3 is 39.0 Å². The Morgan fingerprint density at radius 1 is 0.924 bits per heavy atom. The van der Waals surface area contributed by atoms with E-state index in [2.05, 4.69) is 51.7 Å². The molecule has 13 heteroatoms. The minimum Gasteiger partial charge on any atom is -0.458 e. The normalized spacial score (nSPS) is 44.3. The third-order valence-electron chi connectivity index (χ3n) is 18.8. The number of hydrogen-bond acceptors (Lipinski definition) is 13. The second kappa shape index (κ2) is 17.5. The molecule has 3 N–H and O–H groups in total. The third kappa shape index (κ3) is 7.69. The summed E-state index contributed by atoms with van der Waals surface area (Å²) in [5, 5.41) is 32.9. The van der Waals surface area contributed by atoms with Gasteiger partial charge in [0.1, 0.15) is 23.9 Å². The monoisotopic (exact) mass is 948 g/mol. The van der Waals surface area contributed by atoms with Crippen molar-refractivity contribution in [3.63, 3.8) is 0 Å². The van der Waals surface area contributed by atoms with Crippen molar-refractivity contribution in [1.82, 2.24) is 0 Å². The van der Waals surface area contributed by atoms with E-state index in [1.807, 2.05) is 13.8 Å². The highest BCUT2D eigenvalue weighted by atomic mass is 33.1. The topological polar surface area (TPSA) is 165 Å². The molecule has 0 amide bonds. The predicted molar refractivity (Wildman–Crippen MR) is 253 cm³/mol. The molecule has 0 aromatic rings. The number of aliphatic hydroxyl groups is 3. The quantitative estimate of drug-likeness (QED) is 0.0358. The Bertz CT molecular complexity index is 2130. The molecule has 0 aromatic carbocycles. The summed E-state index contributed by atoms with van der Waals surface area (Å²) < 4.78 is 31.3. The highest BCUT2D eigenvalue weighted by molar-refractivity contribution is 8.76. The molecule has 6 saturated carbocycles. The number of fused-ring (bicyclic) bond motifs is 3. The van der Waals surface area contributed by atoms with Gasteiger partial charge in [0.25, 0.3) is 0 Å². The molecule has 3 aliphatic heterocycles. The molecule has 362 valence electrons. The molecule has 5 unspecified atom stereocenters. The lowest BCUT2D eigenvalue weighted by molar-refractivity contribution is -0.206. The van der Waals surface area contributed by atoms with Crippen molar-refractivity contribution >= 4 is 39.5 Å². The van der Waals surface area contributed by atoms with Gasteiger partial charge in [-0.15, -0.1) is 0 Å². The van der Waals surface area contributed by atoms with Crippen molar-refractivity contribution in [3.8, 4) is 0 Å². The van der Waals surface area contributed by atoms with Gasteiger partial charge in [-0.1, -0.05) is 86.6 Å². The maximum Gasteiger partial charge on any atom is 0.334 e. The number of hydrogen-bond donors (Lipinski definition) is 3. The van der Waals surface area contributed by atoms with E-state index < -0.39 is 35.1 Å². The van der Waals surface area contributed by atoms with Gasteiger partial charge in [0.2, 0.25) is 0 Å². The van der Waals surface area contributed by atoms with Gasteiger partial charge >= 0.3 is 17.9 Å². The fourth-order valence-corrected chi connectivity index (χ4v) is 16.8. The molecule has 0 radical (unpaired) electrons. The Labute approximate surface area is 398 Å². The zero-order valence-corrected chi connectivity index (χ0v) is 41.2. The van der Waals surface area contributed by atoms with Crippen molar-refractivity contribution in [2.24, 2.45) is 46.3 Å². The first-order valence-corrected chi connectivity index (χ1v) is 27.7. The van der Waals surface area contributed by atoms with E-state index in [1.165, 1.54) is 22.8 Å². The van der Waals surface area contributed by atoms with E-state index in [-0.39, 0.29) is 65.3 Å². The lowest BCUT2D eigenvalue weighted by Crippen LogP contribution is -2.72. The van der Waals surface area contributed by atoms with Crippen LogP contribution in [-0.2, 0) is 38.1 Å². The van der Waals surface area contributed by atoms with Crippen LogP contribution in [0.5, 0.6) is 0 Å². The fraction of sp³-hybridized carbons (Fsp3) is 0.755. The van der Waals surface area contributed by atoms with E-state index in [0.717, 1.165) is 67.2 Å². The van der Waals surface area contributed by atoms with Crippen LogP contribution in [0.1, 0.15) is 131 Å². The van der Waals surface area contributed by atoms with E-state index >= 15 is 0 Å². The van der Waals surface area contributed by atoms with Crippen molar-refractivity contribution in [1.29, 1.82) is 0 Å². The van der Waals surface area contributed by atoms with Crippen LogP contribution < -0.4 is 0 Å². The predicted octanol–water partition coefficient (Wildman–Crippen LogP) is 8.45. The number of ether oxygens (including phenoxy) is 5. The first-order chi connectivity index (χ1) is 31.5. The molecule has 0 bridgehead atoms. The Balaban J connectivity index is 0.691. The zero-order chi connectivity index (χ0) is 46.6. The van der Waals surface area contributed by atoms with Crippen LogP contribution in [0.4, 0.5) is 0 Å². The molecule has 0 aromatic heterocycles. The molecule has 10 rings (SSSR count). The van der Waals surface area contributed by atoms with Gasteiger partial charge in [0.05, 0.1) is 37.3 Å². The molecule has 7 aliphatic carbocycles. The first-order valence-electron chi connectivity index (χ1n) is 25.2. The van der Waals surface area contributed by atoms with Gasteiger partial charge in [-0.3, -0.25) is 9.59 Å². The molecule has 8 fully saturated rings. The number of aliphatic hydroxyl groups excluding tert-OH is 2. The number of cyclic esters (lactones) is 1. The molecular formula is C53H72O11S2. The number of carbonyl (C=O) groups excluding carboxylic acids is 3. The zero-order valence-electron chi connectivity index (χ0n) is 39.6. The van der Waals surface area contributed by atoms with Crippen LogP contribution in [0.25, 0.3) is 0 Å². The van der Waals surface area contributed by atoms with E-state index in [1.54, 1.807) is 10.8 Å². The number of allylic oxidation sites excluding steroid dienone is 4. The Kier molecular flexibility index (Phi) is 12.5.